The normalized spacial score (nSPS) is 23.3. The summed E-state index contributed by atoms with van der Waals surface area (Å²) in [4.78, 5) is 2.65. The topological polar surface area (TPSA) is 24.5 Å². The van der Waals surface area contributed by atoms with Crippen molar-refractivity contribution in [2.24, 2.45) is 0 Å². The third-order valence-electron chi connectivity index (χ3n) is 3.69. The van der Waals surface area contributed by atoms with Crippen LogP contribution < -0.4 is 5.32 Å². The molecule has 1 heterocycles. The van der Waals surface area contributed by atoms with Gasteiger partial charge in [0.25, 0.3) is 0 Å². The summed E-state index contributed by atoms with van der Waals surface area (Å²) in [5.41, 5.74) is 0. The molecule has 0 spiro atoms. The van der Waals surface area contributed by atoms with E-state index >= 15 is 0 Å². The number of nitrogens with zero attached hydrogens (tertiary/aromatic N) is 1. The van der Waals surface area contributed by atoms with Crippen LogP contribution in [-0.4, -0.2) is 50.8 Å². The number of nitrogens with one attached hydrogen (secondary N) is 1. The molecule has 1 unspecified atom stereocenters. The largest absolute Gasteiger partial charge is 0.385 e. The summed E-state index contributed by atoms with van der Waals surface area (Å²) in [7, 11) is 1.79. The molecule has 1 N–H and O–H groups in total. The monoisotopic (exact) mass is 242 g/mol. The van der Waals surface area contributed by atoms with Gasteiger partial charge in [0.15, 0.2) is 0 Å². The van der Waals surface area contributed by atoms with Crippen LogP contribution in [0.3, 0.4) is 0 Å². The van der Waals surface area contributed by atoms with E-state index in [1.54, 1.807) is 7.11 Å². The molecule has 1 rings (SSSR count). The first-order valence-corrected chi connectivity index (χ1v) is 7.31. The van der Waals surface area contributed by atoms with Crippen molar-refractivity contribution in [2.75, 3.05) is 39.9 Å². The Balaban J connectivity index is 2.09. The third-order valence-corrected chi connectivity index (χ3v) is 3.69. The highest BCUT2D eigenvalue weighted by Gasteiger charge is 2.12. The molecule has 3 heteroatoms. The Morgan fingerprint density at radius 2 is 2.12 bits per heavy atom. The molecule has 1 fully saturated rings. The van der Waals surface area contributed by atoms with Gasteiger partial charge in [-0.25, -0.2) is 0 Å². The van der Waals surface area contributed by atoms with E-state index in [0.717, 1.165) is 12.6 Å². The Labute approximate surface area is 107 Å². The molecular formula is C14H30N2O. The van der Waals surface area contributed by atoms with Gasteiger partial charge in [0.05, 0.1) is 0 Å². The summed E-state index contributed by atoms with van der Waals surface area (Å²) in [5.74, 6) is 0. The van der Waals surface area contributed by atoms with Gasteiger partial charge < -0.3 is 15.0 Å². The molecule has 1 aliphatic heterocycles. The second-order valence-corrected chi connectivity index (χ2v) is 5.10. The molecule has 1 aliphatic rings. The quantitative estimate of drug-likeness (QED) is 0.693. The Morgan fingerprint density at radius 1 is 1.24 bits per heavy atom. The van der Waals surface area contributed by atoms with Crippen molar-refractivity contribution < 1.29 is 4.74 Å². The lowest BCUT2D eigenvalue weighted by molar-refractivity contribution is 0.186. The molecule has 0 bridgehead atoms. The first-order valence-electron chi connectivity index (χ1n) is 7.31. The van der Waals surface area contributed by atoms with Crippen LogP contribution in [0.4, 0.5) is 0 Å². The maximum Gasteiger partial charge on any atom is 0.0462 e. The van der Waals surface area contributed by atoms with E-state index in [2.05, 4.69) is 17.1 Å². The zero-order chi connectivity index (χ0) is 12.3. The highest BCUT2D eigenvalue weighted by atomic mass is 16.5. The van der Waals surface area contributed by atoms with Crippen LogP contribution in [0.1, 0.15) is 45.4 Å². The highest BCUT2D eigenvalue weighted by Crippen LogP contribution is 2.07. The van der Waals surface area contributed by atoms with Crippen LogP contribution in [0.15, 0.2) is 0 Å². The molecular weight excluding hydrogens is 212 g/mol. The number of ether oxygens (including phenoxy) is 1. The number of unbranched alkanes of at least 4 members (excludes halogenated alkanes) is 2. The van der Waals surface area contributed by atoms with E-state index < -0.39 is 0 Å². The molecule has 1 saturated heterocycles. The van der Waals surface area contributed by atoms with Crippen LogP contribution in [0.25, 0.3) is 0 Å². The Hall–Kier alpha value is -0.120. The smallest absolute Gasteiger partial charge is 0.0462 e. The number of rotatable bonds is 7. The fourth-order valence-electron chi connectivity index (χ4n) is 2.49. The zero-order valence-corrected chi connectivity index (χ0v) is 11.7. The fourth-order valence-corrected chi connectivity index (χ4v) is 2.49. The first-order chi connectivity index (χ1) is 8.36. The average Bonchev–Trinajstić information content (AvgIpc) is 2.32. The number of methoxy groups -OCH3 is 1. The van der Waals surface area contributed by atoms with Crippen molar-refractivity contribution in [1.29, 1.82) is 0 Å². The van der Waals surface area contributed by atoms with Crippen molar-refractivity contribution in [3.63, 3.8) is 0 Å². The van der Waals surface area contributed by atoms with Gasteiger partial charge >= 0.3 is 0 Å². The lowest BCUT2D eigenvalue weighted by Gasteiger charge is -2.28. The summed E-state index contributed by atoms with van der Waals surface area (Å²) in [6.07, 6.45) is 7.72. The predicted molar refractivity (Wildman–Crippen MR) is 73.5 cm³/mol. The second-order valence-electron chi connectivity index (χ2n) is 5.10. The second kappa shape index (κ2) is 9.86. The molecule has 0 aromatic rings. The summed E-state index contributed by atoms with van der Waals surface area (Å²) in [5, 5.41) is 3.63. The van der Waals surface area contributed by atoms with Gasteiger partial charge in [0.1, 0.15) is 0 Å². The van der Waals surface area contributed by atoms with Gasteiger partial charge in [-0.15, -0.1) is 0 Å². The lowest BCUT2D eigenvalue weighted by Crippen LogP contribution is -2.39. The fraction of sp³-hybridized carbons (Fsp3) is 1.00. The van der Waals surface area contributed by atoms with Gasteiger partial charge in [0, 0.05) is 19.8 Å². The van der Waals surface area contributed by atoms with Crippen molar-refractivity contribution >= 4 is 0 Å². The molecule has 0 aromatic heterocycles. The van der Waals surface area contributed by atoms with Crippen molar-refractivity contribution in [1.82, 2.24) is 10.2 Å². The molecule has 0 amide bonds. The summed E-state index contributed by atoms with van der Waals surface area (Å²) < 4.78 is 5.08. The molecule has 0 aliphatic carbocycles. The van der Waals surface area contributed by atoms with Gasteiger partial charge in [-0.3, -0.25) is 0 Å². The minimum Gasteiger partial charge on any atom is -0.385 e. The van der Waals surface area contributed by atoms with Gasteiger partial charge in [-0.1, -0.05) is 6.92 Å². The predicted octanol–water partition coefficient (Wildman–Crippen LogP) is 2.27. The summed E-state index contributed by atoms with van der Waals surface area (Å²) >= 11 is 0. The van der Waals surface area contributed by atoms with Crippen LogP contribution >= 0.6 is 0 Å². The van der Waals surface area contributed by atoms with Gasteiger partial charge in [-0.2, -0.15) is 0 Å². The van der Waals surface area contributed by atoms with Crippen LogP contribution in [-0.2, 0) is 4.74 Å². The minimum atomic E-state index is 0.742. The number of hydrogen-bond acceptors (Lipinski definition) is 3. The van der Waals surface area contributed by atoms with Crippen LogP contribution in [0.2, 0.25) is 0 Å². The Kier molecular flexibility index (Phi) is 8.67. The van der Waals surface area contributed by atoms with E-state index in [1.165, 1.54) is 64.7 Å². The molecule has 1 atom stereocenters. The summed E-state index contributed by atoms with van der Waals surface area (Å²) in [6, 6.07) is 0.742. The van der Waals surface area contributed by atoms with Crippen molar-refractivity contribution in [3.8, 4) is 0 Å². The lowest BCUT2D eigenvalue weighted by atomic mass is 10.1. The Bertz CT molecular complexity index is 176. The molecule has 0 radical (unpaired) electrons. The van der Waals surface area contributed by atoms with E-state index in [1.807, 2.05) is 0 Å². The third kappa shape index (κ3) is 7.02. The summed E-state index contributed by atoms with van der Waals surface area (Å²) in [6.45, 7) is 8.22. The number of hydrogen-bond donors (Lipinski definition) is 1. The molecule has 102 valence electrons. The Morgan fingerprint density at radius 3 is 2.88 bits per heavy atom. The van der Waals surface area contributed by atoms with Crippen LogP contribution in [0, 0.1) is 0 Å². The molecule has 17 heavy (non-hydrogen) atoms. The van der Waals surface area contributed by atoms with Gasteiger partial charge in [0.2, 0.25) is 0 Å². The van der Waals surface area contributed by atoms with Crippen LogP contribution in [0.5, 0.6) is 0 Å². The highest BCUT2D eigenvalue weighted by molar-refractivity contribution is 4.72. The molecule has 0 aromatic carbocycles. The van der Waals surface area contributed by atoms with E-state index in [0.29, 0.717) is 0 Å². The zero-order valence-electron chi connectivity index (χ0n) is 11.7. The molecule has 3 nitrogen and oxygen atoms in total. The van der Waals surface area contributed by atoms with E-state index in [9.17, 15) is 0 Å². The minimum absolute atomic E-state index is 0.742. The van der Waals surface area contributed by atoms with Crippen molar-refractivity contribution in [3.05, 3.63) is 0 Å². The van der Waals surface area contributed by atoms with Crippen molar-refractivity contribution in [2.45, 2.75) is 51.5 Å². The average molecular weight is 242 g/mol. The standard InChI is InChI=1S/C14H30N2O/c1-3-14-8-12-16(11-7-9-15-14)10-5-4-6-13-17-2/h14-15H,3-13H2,1-2H3. The maximum atomic E-state index is 5.08. The van der Waals surface area contributed by atoms with E-state index in [-0.39, 0.29) is 0 Å². The maximum absolute atomic E-state index is 5.08. The molecule has 0 saturated carbocycles. The first kappa shape index (κ1) is 14.9. The van der Waals surface area contributed by atoms with Gasteiger partial charge in [-0.05, 0) is 64.7 Å². The van der Waals surface area contributed by atoms with E-state index in [4.69, 9.17) is 4.74 Å². The SMILES string of the molecule is CCC1CCN(CCCCCOC)CCCN1.